The van der Waals surface area contributed by atoms with E-state index in [-0.39, 0.29) is 12.2 Å². The molecule has 1 N–H and O–H groups in total. The molecule has 2 fully saturated rings. The molecule has 0 aromatic rings. The molecule has 0 spiro atoms. The van der Waals surface area contributed by atoms with Crippen LogP contribution in [0.25, 0.3) is 0 Å². The molecule has 0 aromatic heterocycles. The van der Waals surface area contributed by atoms with E-state index < -0.39 is 0 Å². The van der Waals surface area contributed by atoms with Gasteiger partial charge in [0.05, 0.1) is 12.2 Å². The van der Waals surface area contributed by atoms with Gasteiger partial charge in [0.2, 0.25) is 0 Å². The summed E-state index contributed by atoms with van der Waals surface area (Å²) in [6, 6.07) is 0. The highest BCUT2D eigenvalue weighted by molar-refractivity contribution is 4.84. The molecule has 1 saturated heterocycles. The van der Waals surface area contributed by atoms with Gasteiger partial charge in [0.1, 0.15) is 0 Å². The van der Waals surface area contributed by atoms with E-state index in [0.29, 0.717) is 11.8 Å². The van der Waals surface area contributed by atoms with Gasteiger partial charge in [0.15, 0.2) is 0 Å². The average molecular weight is 198 g/mol. The maximum Gasteiger partial charge on any atom is 0.0622 e. The van der Waals surface area contributed by atoms with E-state index in [1.54, 1.807) is 0 Å². The third-order valence-corrected chi connectivity index (χ3v) is 4.01. The molecule has 1 saturated carbocycles. The molecule has 1 heterocycles. The van der Waals surface area contributed by atoms with E-state index in [2.05, 4.69) is 6.92 Å². The summed E-state index contributed by atoms with van der Waals surface area (Å²) >= 11 is 0. The third kappa shape index (κ3) is 2.12. The maximum absolute atomic E-state index is 10.3. The Bertz CT molecular complexity index is 175. The fraction of sp³-hybridized carbons (Fsp3) is 1.00. The number of aliphatic hydroxyl groups excluding tert-OH is 1. The van der Waals surface area contributed by atoms with Crippen molar-refractivity contribution >= 4 is 0 Å². The molecule has 0 aromatic carbocycles. The van der Waals surface area contributed by atoms with E-state index >= 15 is 0 Å². The van der Waals surface area contributed by atoms with Crippen molar-refractivity contribution in [1.29, 1.82) is 0 Å². The molecular weight excluding hydrogens is 176 g/mol. The molecule has 14 heavy (non-hydrogen) atoms. The number of hydrogen-bond acceptors (Lipinski definition) is 2. The van der Waals surface area contributed by atoms with Gasteiger partial charge in [-0.15, -0.1) is 0 Å². The first-order valence-corrected chi connectivity index (χ1v) is 6.08. The van der Waals surface area contributed by atoms with Gasteiger partial charge in [-0.25, -0.2) is 0 Å². The molecular formula is C12H22O2. The quantitative estimate of drug-likeness (QED) is 0.738. The Morgan fingerprint density at radius 1 is 1.14 bits per heavy atom. The van der Waals surface area contributed by atoms with Crippen molar-refractivity contribution in [2.24, 2.45) is 11.8 Å². The Labute approximate surface area is 86.6 Å². The standard InChI is InChI=1S/C12H22O2/c1-9-11(7-8-14-9)12(13)10-5-3-2-4-6-10/h9-13H,2-8H2,1H3. The largest absolute Gasteiger partial charge is 0.392 e. The van der Waals surface area contributed by atoms with Gasteiger partial charge in [-0.05, 0) is 32.1 Å². The summed E-state index contributed by atoms with van der Waals surface area (Å²) in [6.07, 6.45) is 7.65. The van der Waals surface area contributed by atoms with Crippen LogP contribution in [0, 0.1) is 11.8 Å². The van der Waals surface area contributed by atoms with E-state index in [0.717, 1.165) is 13.0 Å². The van der Waals surface area contributed by atoms with Crippen molar-refractivity contribution in [2.45, 2.75) is 57.7 Å². The molecule has 1 aliphatic heterocycles. The second-order valence-electron chi connectivity index (χ2n) is 4.92. The van der Waals surface area contributed by atoms with Gasteiger partial charge in [-0.2, -0.15) is 0 Å². The fourth-order valence-corrected chi connectivity index (χ4v) is 3.02. The lowest BCUT2D eigenvalue weighted by Crippen LogP contribution is -2.34. The zero-order valence-electron chi connectivity index (χ0n) is 9.11. The van der Waals surface area contributed by atoms with Gasteiger partial charge >= 0.3 is 0 Å². The third-order valence-electron chi connectivity index (χ3n) is 4.01. The lowest BCUT2D eigenvalue weighted by molar-refractivity contribution is 0.000261. The molecule has 2 heteroatoms. The van der Waals surface area contributed by atoms with Crippen LogP contribution in [0.3, 0.4) is 0 Å². The molecule has 0 bridgehead atoms. The van der Waals surface area contributed by atoms with Gasteiger partial charge in [-0.1, -0.05) is 19.3 Å². The Morgan fingerprint density at radius 3 is 2.43 bits per heavy atom. The summed E-state index contributed by atoms with van der Waals surface area (Å²) in [5.74, 6) is 0.955. The van der Waals surface area contributed by atoms with Gasteiger partial charge < -0.3 is 9.84 Å². The van der Waals surface area contributed by atoms with Crippen LogP contribution in [0.4, 0.5) is 0 Å². The van der Waals surface area contributed by atoms with Crippen molar-refractivity contribution in [3.05, 3.63) is 0 Å². The highest BCUT2D eigenvalue weighted by atomic mass is 16.5. The van der Waals surface area contributed by atoms with Crippen molar-refractivity contribution in [1.82, 2.24) is 0 Å². The summed E-state index contributed by atoms with van der Waals surface area (Å²) < 4.78 is 5.52. The minimum atomic E-state index is -0.104. The molecule has 0 radical (unpaired) electrons. The smallest absolute Gasteiger partial charge is 0.0622 e. The molecule has 2 rings (SSSR count). The molecule has 82 valence electrons. The average Bonchev–Trinajstić information content (AvgIpc) is 2.65. The summed E-state index contributed by atoms with van der Waals surface area (Å²) in [5, 5.41) is 10.3. The number of ether oxygens (including phenoxy) is 1. The maximum atomic E-state index is 10.3. The SMILES string of the molecule is CC1OCCC1C(O)C1CCCCC1. The molecule has 3 unspecified atom stereocenters. The number of aliphatic hydroxyl groups is 1. The van der Waals surface area contributed by atoms with Crippen LogP contribution in [0.15, 0.2) is 0 Å². The molecule has 3 atom stereocenters. The number of hydrogen-bond donors (Lipinski definition) is 1. The fourth-order valence-electron chi connectivity index (χ4n) is 3.02. The lowest BCUT2D eigenvalue weighted by atomic mass is 9.78. The van der Waals surface area contributed by atoms with Crippen molar-refractivity contribution in [3.63, 3.8) is 0 Å². The van der Waals surface area contributed by atoms with Crippen molar-refractivity contribution < 1.29 is 9.84 Å². The summed E-state index contributed by atoms with van der Waals surface area (Å²) in [5.41, 5.74) is 0. The van der Waals surface area contributed by atoms with Crippen molar-refractivity contribution in [3.8, 4) is 0 Å². The van der Waals surface area contributed by atoms with E-state index in [9.17, 15) is 5.11 Å². The topological polar surface area (TPSA) is 29.5 Å². The molecule has 2 aliphatic rings. The minimum Gasteiger partial charge on any atom is -0.392 e. The predicted octanol–water partition coefficient (Wildman–Crippen LogP) is 2.35. The summed E-state index contributed by atoms with van der Waals surface area (Å²) in [7, 11) is 0. The highest BCUT2D eigenvalue weighted by Crippen LogP contribution is 2.34. The van der Waals surface area contributed by atoms with Crippen LogP contribution in [-0.2, 0) is 4.74 Å². The Morgan fingerprint density at radius 2 is 1.86 bits per heavy atom. The van der Waals surface area contributed by atoms with E-state index in [4.69, 9.17) is 4.74 Å². The zero-order valence-corrected chi connectivity index (χ0v) is 9.11. The first-order chi connectivity index (χ1) is 6.79. The second-order valence-corrected chi connectivity index (χ2v) is 4.92. The molecule has 0 amide bonds. The van der Waals surface area contributed by atoms with Crippen LogP contribution >= 0.6 is 0 Å². The highest BCUT2D eigenvalue weighted by Gasteiger charge is 2.35. The lowest BCUT2D eigenvalue weighted by Gasteiger charge is -2.31. The zero-order chi connectivity index (χ0) is 9.97. The first-order valence-electron chi connectivity index (χ1n) is 6.08. The van der Waals surface area contributed by atoms with E-state index in [1.165, 1.54) is 32.1 Å². The van der Waals surface area contributed by atoms with Gasteiger partial charge in [-0.3, -0.25) is 0 Å². The molecule has 1 aliphatic carbocycles. The van der Waals surface area contributed by atoms with Gasteiger partial charge in [0.25, 0.3) is 0 Å². The Kier molecular flexibility index (Phi) is 3.45. The van der Waals surface area contributed by atoms with Crippen molar-refractivity contribution in [2.75, 3.05) is 6.61 Å². The first kappa shape index (κ1) is 10.4. The van der Waals surface area contributed by atoms with Gasteiger partial charge in [0, 0.05) is 12.5 Å². The summed E-state index contributed by atoms with van der Waals surface area (Å²) in [6.45, 7) is 2.94. The van der Waals surface area contributed by atoms with E-state index in [1.807, 2.05) is 0 Å². The monoisotopic (exact) mass is 198 g/mol. The van der Waals surface area contributed by atoms with Crippen LogP contribution < -0.4 is 0 Å². The predicted molar refractivity (Wildman–Crippen MR) is 56.1 cm³/mol. The molecule has 2 nitrogen and oxygen atoms in total. The van der Waals surface area contributed by atoms with Crippen LogP contribution in [0.5, 0.6) is 0 Å². The summed E-state index contributed by atoms with van der Waals surface area (Å²) in [4.78, 5) is 0. The van der Waals surface area contributed by atoms with Crippen LogP contribution in [0.2, 0.25) is 0 Å². The normalized spacial score (nSPS) is 37.3. The Balaban J connectivity index is 1.89. The Hall–Kier alpha value is -0.0800. The second kappa shape index (κ2) is 4.63. The number of rotatable bonds is 2. The minimum absolute atomic E-state index is 0.104. The van der Waals surface area contributed by atoms with Crippen LogP contribution in [0.1, 0.15) is 45.4 Å². The van der Waals surface area contributed by atoms with Crippen LogP contribution in [-0.4, -0.2) is 23.9 Å².